The molecule has 0 spiro atoms. The average Bonchev–Trinajstić information content (AvgIpc) is 3.40. The van der Waals surface area contributed by atoms with Crippen LogP contribution in [-0.2, 0) is 6.54 Å². The van der Waals surface area contributed by atoms with Crippen LogP contribution in [0.4, 0.5) is 30.5 Å². The third-order valence-corrected chi connectivity index (χ3v) is 7.06. The monoisotopic (exact) mass is 630 g/mol. The van der Waals surface area contributed by atoms with Gasteiger partial charge in [0.2, 0.25) is 5.88 Å². The Morgan fingerprint density at radius 3 is 2.54 bits per heavy atom. The van der Waals surface area contributed by atoms with Gasteiger partial charge in [0.1, 0.15) is 23.3 Å². The second kappa shape index (κ2) is 12.2. The smallest absolute Gasteiger partial charge is 0.480 e. The Morgan fingerprint density at radius 1 is 1.02 bits per heavy atom. The molecule has 0 fully saturated rings. The van der Waals surface area contributed by atoms with Gasteiger partial charge in [0, 0.05) is 11.9 Å². The molecule has 1 N–H and O–H groups in total. The third-order valence-electron chi connectivity index (χ3n) is 7.06. The molecule has 0 bridgehead atoms. The second-order valence-electron chi connectivity index (χ2n) is 10.0. The molecule has 0 saturated heterocycles. The molecule has 234 valence electrons. The topological polar surface area (TPSA) is 135 Å². The van der Waals surface area contributed by atoms with Gasteiger partial charge in [-0.2, -0.15) is 0 Å². The van der Waals surface area contributed by atoms with E-state index in [0.717, 1.165) is 0 Å². The number of aromatic nitrogens is 5. The number of alkyl halides is 3. The summed E-state index contributed by atoms with van der Waals surface area (Å²) in [6, 6.07) is 20.0. The predicted molar refractivity (Wildman–Crippen MR) is 162 cm³/mol. The van der Waals surface area contributed by atoms with E-state index in [2.05, 4.69) is 20.0 Å². The highest BCUT2D eigenvalue weighted by atomic mass is 19.4. The highest BCUT2D eigenvalue weighted by Gasteiger charge is 2.31. The Bertz CT molecular complexity index is 2090. The number of imidazole rings is 1. The van der Waals surface area contributed by atoms with Gasteiger partial charge in [-0.3, -0.25) is 4.99 Å². The lowest BCUT2D eigenvalue weighted by molar-refractivity contribution is -0.396. The minimum atomic E-state index is -4.82. The van der Waals surface area contributed by atoms with E-state index in [1.54, 1.807) is 37.4 Å². The summed E-state index contributed by atoms with van der Waals surface area (Å²) in [4.78, 5) is 28.8. The van der Waals surface area contributed by atoms with Gasteiger partial charge in [-0.25, -0.2) is 14.5 Å². The van der Waals surface area contributed by atoms with Crippen molar-refractivity contribution in [1.82, 2.24) is 24.1 Å². The standard InChI is InChI=1S/C31H25F3N8O4/c1-19-18-37-30(42(43)44)40(19)15-14-35-24-17-28-26(16-25(24)39-23-7-5-13-36-29(23)45-2)38-22-6-3-4-8-27(22)41(28)20-9-11-21(12-10-20)46-31(32,33)34/h3-13,16-18,39H,14-15H2,1-2H3. The number of benzene rings is 3. The fourth-order valence-corrected chi connectivity index (χ4v) is 5.08. The number of hydrogen-bond donors (Lipinski definition) is 1. The van der Waals surface area contributed by atoms with Gasteiger partial charge in [0.05, 0.1) is 53.7 Å². The van der Waals surface area contributed by atoms with E-state index in [1.807, 2.05) is 28.8 Å². The molecule has 15 heteroatoms. The minimum Gasteiger partial charge on any atom is -0.480 e. The molecule has 6 rings (SSSR count). The maximum Gasteiger partial charge on any atom is 0.573 e. The van der Waals surface area contributed by atoms with Crippen LogP contribution >= 0.6 is 0 Å². The number of aryl methyl sites for hydroxylation is 1. The normalized spacial score (nSPS) is 12.1. The van der Waals surface area contributed by atoms with Crippen LogP contribution in [0, 0.1) is 17.0 Å². The number of rotatable bonds is 9. The zero-order chi connectivity index (χ0) is 32.4. The van der Waals surface area contributed by atoms with Crippen LogP contribution in [-0.4, -0.2) is 49.0 Å². The summed E-state index contributed by atoms with van der Waals surface area (Å²) in [6.07, 6.45) is -1.80. The summed E-state index contributed by atoms with van der Waals surface area (Å²) >= 11 is 0. The van der Waals surface area contributed by atoms with E-state index in [4.69, 9.17) is 14.7 Å². The molecular weight excluding hydrogens is 605 g/mol. The second-order valence-corrected chi connectivity index (χ2v) is 10.0. The fraction of sp³-hybridized carbons (Fsp3) is 0.161. The zero-order valence-corrected chi connectivity index (χ0v) is 24.4. The number of pyridine rings is 1. The Hall–Kier alpha value is -5.99. The van der Waals surface area contributed by atoms with Crippen LogP contribution < -0.4 is 20.1 Å². The highest BCUT2D eigenvalue weighted by molar-refractivity contribution is 5.84. The maximum atomic E-state index is 12.8. The summed E-state index contributed by atoms with van der Waals surface area (Å²) in [5, 5.41) is 15.3. The Balaban J connectivity index is 1.53. The van der Waals surface area contributed by atoms with E-state index in [9.17, 15) is 23.3 Å². The highest BCUT2D eigenvalue weighted by Crippen LogP contribution is 2.32. The van der Waals surface area contributed by atoms with Crippen LogP contribution in [0.5, 0.6) is 11.6 Å². The summed E-state index contributed by atoms with van der Waals surface area (Å²) in [6.45, 7) is 2.07. The molecule has 0 radical (unpaired) electrons. The van der Waals surface area contributed by atoms with Crippen LogP contribution in [0.15, 0.2) is 90.2 Å². The average molecular weight is 631 g/mol. The van der Waals surface area contributed by atoms with Crippen molar-refractivity contribution in [2.45, 2.75) is 19.8 Å². The molecule has 3 heterocycles. The van der Waals surface area contributed by atoms with Crippen LogP contribution in [0.25, 0.3) is 28.1 Å². The quantitative estimate of drug-likeness (QED) is 0.114. The molecule has 0 unspecified atom stereocenters. The molecule has 1 aliphatic heterocycles. The van der Waals surface area contributed by atoms with E-state index < -0.39 is 11.3 Å². The zero-order valence-electron chi connectivity index (χ0n) is 24.4. The Labute approximate surface area is 258 Å². The number of nitrogens with one attached hydrogen (secondary N) is 1. The number of nitrogens with zero attached hydrogens (tertiary/aromatic N) is 7. The van der Waals surface area contributed by atoms with Crippen molar-refractivity contribution < 1.29 is 27.6 Å². The summed E-state index contributed by atoms with van der Waals surface area (Å²) < 4.78 is 51.4. The molecule has 0 amide bonds. The minimum absolute atomic E-state index is 0.160. The van der Waals surface area contributed by atoms with Gasteiger partial charge in [-0.1, -0.05) is 17.1 Å². The summed E-state index contributed by atoms with van der Waals surface area (Å²) in [7, 11) is 1.50. The molecular formula is C31H25F3N8O4. The van der Waals surface area contributed by atoms with Gasteiger partial charge in [-0.15, -0.1) is 13.2 Å². The number of fused-ring (bicyclic) bond motifs is 2. The lowest BCUT2D eigenvalue weighted by Gasteiger charge is -2.21. The molecule has 2 aliphatic rings. The van der Waals surface area contributed by atoms with Crippen LogP contribution in [0.2, 0.25) is 0 Å². The molecule has 46 heavy (non-hydrogen) atoms. The van der Waals surface area contributed by atoms with Crippen molar-refractivity contribution in [3.8, 4) is 28.7 Å². The largest absolute Gasteiger partial charge is 0.573 e. The third kappa shape index (κ3) is 6.15. The Kier molecular flexibility index (Phi) is 7.96. The van der Waals surface area contributed by atoms with Crippen LogP contribution in [0.1, 0.15) is 5.69 Å². The van der Waals surface area contributed by atoms with Gasteiger partial charge in [-0.05, 0) is 72.5 Å². The van der Waals surface area contributed by atoms with Crippen molar-refractivity contribution in [2.75, 3.05) is 19.0 Å². The number of ether oxygens (including phenoxy) is 2. The number of anilines is 2. The summed E-state index contributed by atoms with van der Waals surface area (Å²) in [5.74, 6) is -0.284. The molecule has 0 saturated carbocycles. The lowest BCUT2D eigenvalue weighted by atomic mass is 10.1. The van der Waals surface area contributed by atoms with Crippen LogP contribution in [0.3, 0.4) is 0 Å². The number of methoxy groups -OCH3 is 1. The first-order chi connectivity index (χ1) is 22.1. The first-order valence-electron chi connectivity index (χ1n) is 13.9. The van der Waals surface area contributed by atoms with Gasteiger partial charge < -0.3 is 29.5 Å². The van der Waals surface area contributed by atoms with Crippen molar-refractivity contribution in [3.05, 3.63) is 106 Å². The Morgan fingerprint density at radius 2 is 1.80 bits per heavy atom. The van der Waals surface area contributed by atoms with E-state index in [0.29, 0.717) is 56.4 Å². The predicted octanol–water partition coefficient (Wildman–Crippen LogP) is 6.19. The van der Waals surface area contributed by atoms with E-state index in [-0.39, 0.29) is 24.8 Å². The lowest BCUT2D eigenvalue weighted by Crippen LogP contribution is -2.17. The summed E-state index contributed by atoms with van der Waals surface area (Å²) in [5.41, 5.74) is 4.80. The molecule has 0 atom stereocenters. The number of nitro groups is 1. The first kappa shape index (κ1) is 30.1. The van der Waals surface area contributed by atoms with Gasteiger partial charge in [0.15, 0.2) is 0 Å². The number of para-hydroxylation sites is 2. The van der Waals surface area contributed by atoms with Gasteiger partial charge >= 0.3 is 12.3 Å². The van der Waals surface area contributed by atoms with Crippen molar-refractivity contribution in [3.63, 3.8) is 0 Å². The van der Waals surface area contributed by atoms with Crippen molar-refractivity contribution in [1.29, 1.82) is 0 Å². The van der Waals surface area contributed by atoms with Gasteiger partial charge in [0.25, 0.3) is 0 Å². The molecule has 4 aromatic rings. The van der Waals surface area contributed by atoms with Crippen molar-refractivity contribution >= 4 is 28.4 Å². The number of halogens is 3. The molecule has 2 aromatic heterocycles. The number of hydrogen-bond acceptors (Lipinski definition) is 9. The van der Waals surface area contributed by atoms with Crippen molar-refractivity contribution in [2.24, 2.45) is 4.99 Å². The van der Waals surface area contributed by atoms with E-state index >= 15 is 0 Å². The molecule has 2 aromatic carbocycles. The van der Waals surface area contributed by atoms with E-state index in [1.165, 1.54) is 42.1 Å². The fourth-order valence-electron chi connectivity index (χ4n) is 5.08. The SMILES string of the molecule is COc1ncccc1Nc1cc2nc3ccccc3n(-c3ccc(OC(F)(F)F)cc3)c-2cc1=NCCn1c(C)cnc1[N+](=O)[O-]. The first-order valence-corrected chi connectivity index (χ1v) is 13.9. The molecule has 1 aliphatic carbocycles. The molecule has 12 nitrogen and oxygen atoms in total. The maximum absolute atomic E-state index is 12.8.